The van der Waals surface area contributed by atoms with Gasteiger partial charge in [-0.15, -0.1) is 0 Å². The highest BCUT2D eigenvalue weighted by Crippen LogP contribution is 2.26. The van der Waals surface area contributed by atoms with Gasteiger partial charge in [-0.05, 0) is 24.1 Å². The van der Waals surface area contributed by atoms with Gasteiger partial charge in [0.2, 0.25) is 0 Å². The molecule has 0 unspecified atom stereocenters. The Morgan fingerprint density at radius 2 is 1.88 bits per heavy atom. The second-order valence-electron chi connectivity index (χ2n) is 6.04. The number of aryl methyl sites for hydroxylation is 1. The molecule has 0 atom stereocenters. The van der Waals surface area contributed by atoms with Crippen LogP contribution < -0.4 is 5.73 Å². The largest absolute Gasteiger partial charge is 0.382 e. The van der Waals surface area contributed by atoms with Crippen molar-refractivity contribution in [2.75, 3.05) is 5.73 Å². The molecule has 4 rings (SSSR count). The fourth-order valence-electron chi connectivity index (χ4n) is 2.93. The molecule has 0 saturated heterocycles. The lowest BCUT2D eigenvalue weighted by atomic mass is 10.1. The highest BCUT2D eigenvalue weighted by atomic mass is 15.0. The van der Waals surface area contributed by atoms with E-state index in [1.807, 2.05) is 36.4 Å². The van der Waals surface area contributed by atoms with Crippen molar-refractivity contribution in [3.05, 3.63) is 60.3 Å². The van der Waals surface area contributed by atoms with Crippen LogP contribution in [0.25, 0.3) is 33.8 Å². The van der Waals surface area contributed by atoms with E-state index >= 15 is 0 Å². The number of fused-ring (bicyclic) bond motifs is 1. The van der Waals surface area contributed by atoms with Gasteiger partial charge in [0, 0.05) is 5.56 Å². The van der Waals surface area contributed by atoms with Crippen molar-refractivity contribution >= 4 is 16.9 Å². The fraction of sp³-hybridized carbons (Fsp3) is 0.150. The number of aromatic nitrogens is 4. The van der Waals surface area contributed by atoms with Crippen LogP contribution in [0.1, 0.15) is 18.9 Å². The first kappa shape index (κ1) is 15.3. The van der Waals surface area contributed by atoms with Crippen molar-refractivity contribution in [3.63, 3.8) is 0 Å². The van der Waals surface area contributed by atoms with Crippen LogP contribution in [0, 0.1) is 0 Å². The minimum absolute atomic E-state index is 0.368. The van der Waals surface area contributed by atoms with Crippen LogP contribution in [0.5, 0.6) is 0 Å². The van der Waals surface area contributed by atoms with Crippen LogP contribution in [0.4, 0.5) is 5.82 Å². The predicted molar refractivity (Wildman–Crippen MR) is 101 cm³/mol. The normalized spacial score (nSPS) is 11.1. The van der Waals surface area contributed by atoms with E-state index in [9.17, 15) is 0 Å². The Bertz CT molecular complexity index is 1020. The van der Waals surface area contributed by atoms with Gasteiger partial charge in [0.1, 0.15) is 5.69 Å². The molecule has 0 aliphatic heterocycles. The molecular weight excluding hydrogens is 310 g/mol. The minimum atomic E-state index is 0.368. The lowest BCUT2D eigenvalue weighted by molar-refractivity contribution is 0.923. The predicted octanol–water partition coefficient (Wildman–Crippen LogP) is 4.22. The Kier molecular flexibility index (Phi) is 3.90. The van der Waals surface area contributed by atoms with E-state index in [4.69, 9.17) is 5.73 Å². The van der Waals surface area contributed by atoms with Crippen LogP contribution in [-0.2, 0) is 6.42 Å². The molecule has 5 nitrogen and oxygen atoms in total. The van der Waals surface area contributed by atoms with Crippen molar-refractivity contribution in [2.24, 2.45) is 0 Å². The summed E-state index contributed by atoms with van der Waals surface area (Å²) in [5.41, 5.74) is 11.6. The van der Waals surface area contributed by atoms with E-state index in [-0.39, 0.29) is 0 Å². The third-order valence-corrected chi connectivity index (χ3v) is 4.18. The molecule has 2 heterocycles. The van der Waals surface area contributed by atoms with Crippen molar-refractivity contribution in [1.82, 2.24) is 19.9 Å². The molecular formula is C20H19N5. The topological polar surface area (TPSA) is 80.5 Å². The summed E-state index contributed by atoms with van der Waals surface area (Å²) >= 11 is 0. The SMILES string of the molecule is CCCc1ccc2nc(-c3nc(-c4ccccc4)cnc3N)[nH]c2c1. The summed E-state index contributed by atoms with van der Waals surface area (Å²) in [6.07, 6.45) is 3.86. The highest BCUT2D eigenvalue weighted by molar-refractivity contribution is 5.81. The number of nitrogen functional groups attached to an aromatic ring is 1. The summed E-state index contributed by atoms with van der Waals surface area (Å²) in [7, 11) is 0. The van der Waals surface area contributed by atoms with Gasteiger partial charge in [0.25, 0.3) is 0 Å². The molecule has 0 aliphatic rings. The Balaban J connectivity index is 1.80. The number of nitrogens with two attached hydrogens (primary N) is 1. The standard InChI is InChI=1S/C20H19N5/c1-2-6-13-9-10-15-16(11-13)25-20(24-15)18-19(21)22-12-17(23-18)14-7-4-3-5-8-14/h3-5,7-12H,2,6H2,1H3,(H2,21,22)(H,24,25). The average molecular weight is 329 g/mol. The van der Waals surface area contributed by atoms with Gasteiger partial charge < -0.3 is 10.7 Å². The molecule has 0 amide bonds. The molecule has 0 bridgehead atoms. The molecule has 4 aromatic rings. The summed E-state index contributed by atoms with van der Waals surface area (Å²) in [6.45, 7) is 2.17. The maximum atomic E-state index is 6.07. The van der Waals surface area contributed by atoms with E-state index in [0.29, 0.717) is 17.3 Å². The number of nitrogens with one attached hydrogen (secondary N) is 1. The van der Waals surface area contributed by atoms with Crippen LogP contribution >= 0.6 is 0 Å². The van der Waals surface area contributed by atoms with Crippen LogP contribution in [0.2, 0.25) is 0 Å². The molecule has 2 aromatic carbocycles. The van der Waals surface area contributed by atoms with Crippen molar-refractivity contribution in [2.45, 2.75) is 19.8 Å². The molecule has 0 spiro atoms. The molecule has 3 N–H and O–H groups in total. The summed E-state index contributed by atoms with van der Waals surface area (Å²) in [5.74, 6) is 1.01. The number of imidazole rings is 1. The maximum absolute atomic E-state index is 6.07. The van der Waals surface area contributed by atoms with E-state index in [1.165, 1.54) is 5.56 Å². The van der Waals surface area contributed by atoms with E-state index in [0.717, 1.165) is 35.1 Å². The zero-order valence-corrected chi connectivity index (χ0v) is 14.0. The first-order chi connectivity index (χ1) is 12.2. The lowest BCUT2D eigenvalue weighted by Gasteiger charge is -2.05. The maximum Gasteiger partial charge on any atom is 0.161 e. The number of anilines is 1. The zero-order valence-electron chi connectivity index (χ0n) is 14.0. The third kappa shape index (κ3) is 2.96. The lowest BCUT2D eigenvalue weighted by Crippen LogP contribution is -1.99. The van der Waals surface area contributed by atoms with E-state index in [2.05, 4.69) is 39.0 Å². The van der Waals surface area contributed by atoms with Gasteiger partial charge in [-0.3, -0.25) is 0 Å². The van der Waals surface area contributed by atoms with Gasteiger partial charge in [-0.2, -0.15) is 0 Å². The smallest absolute Gasteiger partial charge is 0.161 e. The van der Waals surface area contributed by atoms with Gasteiger partial charge >= 0.3 is 0 Å². The summed E-state index contributed by atoms with van der Waals surface area (Å²) in [4.78, 5) is 17.0. The monoisotopic (exact) mass is 329 g/mol. The number of hydrogen-bond donors (Lipinski definition) is 2. The van der Waals surface area contributed by atoms with Gasteiger partial charge in [-0.1, -0.05) is 49.7 Å². The van der Waals surface area contributed by atoms with Gasteiger partial charge in [0.15, 0.2) is 11.6 Å². The number of H-pyrrole nitrogens is 1. The van der Waals surface area contributed by atoms with Gasteiger partial charge in [0.05, 0.1) is 22.9 Å². The Morgan fingerprint density at radius 1 is 1.04 bits per heavy atom. The third-order valence-electron chi connectivity index (χ3n) is 4.18. The summed E-state index contributed by atoms with van der Waals surface area (Å²) in [6, 6.07) is 16.2. The number of nitrogens with zero attached hydrogens (tertiary/aromatic N) is 3. The number of benzene rings is 2. The van der Waals surface area contributed by atoms with Crippen molar-refractivity contribution in [3.8, 4) is 22.8 Å². The molecule has 25 heavy (non-hydrogen) atoms. The van der Waals surface area contributed by atoms with Crippen LogP contribution in [-0.4, -0.2) is 19.9 Å². The molecule has 0 radical (unpaired) electrons. The second-order valence-corrected chi connectivity index (χ2v) is 6.04. The van der Waals surface area contributed by atoms with E-state index in [1.54, 1.807) is 6.20 Å². The molecule has 0 saturated carbocycles. The van der Waals surface area contributed by atoms with Gasteiger partial charge in [-0.25, -0.2) is 15.0 Å². The van der Waals surface area contributed by atoms with Crippen molar-refractivity contribution in [1.29, 1.82) is 0 Å². The Morgan fingerprint density at radius 3 is 2.68 bits per heavy atom. The number of rotatable bonds is 4. The first-order valence-electron chi connectivity index (χ1n) is 8.41. The second kappa shape index (κ2) is 6.36. The van der Waals surface area contributed by atoms with Crippen LogP contribution in [0.15, 0.2) is 54.7 Å². The molecule has 0 aliphatic carbocycles. The van der Waals surface area contributed by atoms with Crippen molar-refractivity contribution < 1.29 is 0 Å². The first-order valence-corrected chi connectivity index (χ1v) is 8.41. The molecule has 0 fully saturated rings. The quantitative estimate of drug-likeness (QED) is 0.587. The van der Waals surface area contributed by atoms with Crippen LogP contribution in [0.3, 0.4) is 0 Å². The Hall–Kier alpha value is -3.21. The summed E-state index contributed by atoms with van der Waals surface area (Å²) in [5, 5.41) is 0. The minimum Gasteiger partial charge on any atom is -0.382 e. The summed E-state index contributed by atoms with van der Waals surface area (Å²) < 4.78 is 0. The average Bonchev–Trinajstić information content (AvgIpc) is 3.06. The fourth-order valence-corrected chi connectivity index (χ4v) is 2.93. The number of aromatic amines is 1. The zero-order chi connectivity index (χ0) is 17.2. The number of hydrogen-bond acceptors (Lipinski definition) is 4. The molecule has 2 aromatic heterocycles. The highest BCUT2D eigenvalue weighted by Gasteiger charge is 2.13. The Labute approximate surface area is 146 Å². The van der Waals surface area contributed by atoms with E-state index < -0.39 is 0 Å². The molecule has 124 valence electrons. The molecule has 5 heteroatoms.